The quantitative estimate of drug-likeness (QED) is 0.142. The standard InChI is InChI=1S/C43H32N4O.Pt/c1-27-19-39-41(21-29(27)3)46-25-44(39)31-11-9-13-33(23-31)48-34-14-10-12-32(24-34)45-26-47(42-22-30(4)28(2)20-40(42)45)43(46)37-17-7-5-15-35(37)36-16-6-8-18-38(36)43;/h5-22,25-26H,1-4H3;/q-4;+4. The fourth-order valence-corrected chi connectivity index (χ4v) is 7.94. The van der Waals surface area contributed by atoms with Gasteiger partial charge >= 0.3 is 21.1 Å². The zero-order chi connectivity index (χ0) is 32.3. The fraction of sp³-hybridized carbons (Fsp3) is 0.116. The first-order valence-corrected chi connectivity index (χ1v) is 16.4. The summed E-state index contributed by atoms with van der Waals surface area (Å²) in [5.41, 5.74) is 15.4. The number of anilines is 6. The molecule has 0 aromatic heterocycles. The Balaban J connectivity index is 0.00000325. The number of nitrogens with zero attached hydrogens (tertiary/aromatic N) is 4. The predicted molar refractivity (Wildman–Crippen MR) is 193 cm³/mol. The van der Waals surface area contributed by atoms with Gasteiger partial charge in [-0.15, -0.1) is 61.1 Å². The average molecular weight is 816 g/mol. The summed E-state index contributed by atoms with van der Waals surface area (Å²) in [6.45, 7) is 13.3. The van der Waals surface area contributed by atoms with E-state index in [4.69, 9.17) is 4.74 Å². The van der Waals surface area contributed by atoms with Gasteiger partial charge in [-0.2, -0.15) is 12.1 Å². The van der Waals surface area contributed by atoms with Crippen molar-refractivity contribution in [2.24, 2.45) is 0 Å². The Labute approximate surface area is 302 Å². The number of ether oxygens (including phenoxy) is 1. The van der Waals surface area contributed by atoms with Crippen molar-refractivity contribution in [1.29, 1.82) is 0 Å². The molecule has 1 spiro atoms. The molecule has 6 heteroatoms. The minimum Gasteiger partial charge on any atom is -0.509 e. The van der Waals surface area contributed by atoms with Gasteiger partial charge < -0.3 is 24.3 Å². The Morgan fingerprint density at radius 1 is 0.510 bits per heavy atom. The van der Waals surface area contributed by atoms with Crippen LogP contribution >= 0.6 is 0 Å². The molecule has 0 unspecified atom stereocenters. The summed E-state index contributed by atoms with van der Waals surface area (Å²) in [5.74, 6) is 1.28. The van der Waals surface area contributed by atoms with E-state index in [9.17, 15) is 0 Å². The topological polar surface area (TPSA) is 22.2 Å². The molecule has 8 bridgehead atoms. The van der Waals surface area contributed by atoms with Crippen LogP contribution in [-0.4, -0.2) is 0 Å². The van der Waals surface area contributed by atoms with Crippen LogP contribution in [0.15, 0.2) is 109 Å². The van der Waals surface area contributed by atoms with Crippen molar-refractivity contribution < 1.29 is 25.8 Å². The van der Waals surface area contributed by atoms with Crippen LogP contribution in [-0.2, 0) is 26.7 Å². The minimum absolute atomic E-state index is 0. The normalized spacial score (nSPS) is 15.6. The van der Waals surface area contributed by atoms with E-state index in [1.54, 1.807) is 0 Å². The molecule has 4 aliphatic rings. The van der Waals surface area contributed by atoms with E-state index in [1.165, 1.54) is 44.5 Å². The van der Waals surface area contributed by atoms with Gasteiger partial charge in [0, 0.05) is 45.4 Å². The van der Waals surface area contributed by atoms with Gasteiger partial charge in [-0.1, -0.05) is 48.5 Å². The molecule has 0 radical (unpaired) electrons. The molecule has 5 nitrogen and oxygen atoms in total. The van der Waals surface area contributed by atoms with E-state index in [0.717, 1.165) is 34.1 Å². The molecule has 240 valence electrons. The molecule has 0 N–H and O–H groups in total. The van der Waals surface area contributed by atoms with Crippen molar-refractivity contribution in [3.63, 3.8) is 0 Å². The molecule has 6 aromatic rings. The Bertz CT molecular complexity index is 2170. The van der Waals surface area contributed by atoms with E-state index >= 15 is 0 Å². The predicted octanol–water partition coefficient (Wildman–Crippen LogP) is 10.4. The third kappa shape index (κ3) is 4.09. The van der Waals surface area contributed by atoms with Gasteiger partial charge in [0.1, 0.15) is 5.66 Å². The number of hydrogen-bond acceptors (Lipinski definition) is 5. The molecule has 0 saturated carbocycles. The van der Waals surface area contributed by atoms with Crippen molar-refractivity contribution in [3.8, 4) is 22.6 Å². The van der Waals surface area contributed by atoms with E-state index in [0.29, 0.717) is 11.5 Å². The molecule has 1 aliphatic carbocycles. The Morgan fingerprint density at radius 3 is 1.37 bits per heavy atom. The van der Waals surface area contributed by atoms with Gasteiger partial charge in [0.2, 0.25) is 0 Å². The molecule has 0 saturated heterocycles. The summed E-state index contributed by atoms with van der Waals surface area (Å²) in [4.78, 5) is 9.51. The summed E-state index contributed by atoms with van der Waals surface area (Å²) in [5, 5.41) is 0. The van der Waals surface area contributed by atoms with Gasteiger partial charge in [-0.05, 0) is 85.3 Å². The molecule has 3 heterocycles. The molecule has 0 atom stereocenters. The Kier molecular flexibility index (Phi) is 6.61. The summed E-state index contributed by atoms with van der Waals surface area (Å²) >= 11 is 0. The van der Waals surface area contributed by atoms with Crippen molar-refractivity contribution in [1.82, 2.24) is 0 Å². The monoisotopic (exact) mass is 815 g/mol. The SMILES string of the molecule is Cc1cc2c(cc1C)N1[CH-]N2c2[c-]c(ccc2)Oc2[c-]c(ccc2)N2[CH-]N(c3cc(C)c(C)cc32)C12c1ccccc1-c1ccccc12.[Pt+4]. The molecule has 6 aromatic carbocycles. The first-order chi connectivity index (χ1) is 23.4. The summed E-state index contributed by atoms with van der Waals surface area (Å²) < 4.78 is 6.45. The smallest absolute Gasteiger partial charge is 0.509 e. The van der Waals surface area contributed by atoms with Gasteiger partial charge in [0.05, 0.1) is 0 Å². The first kappa shape index (κ1) is 30.1. The van der Waals surface area contributed by atoms with E-state index in [-0.39, 0.29) is 21.1 Å². The van der Waals surface area contributed by atoms with Gasteiger partial charge in [0.15, 0.2) is 0 Å². The number of rotatable bonds is 0. The van der Waals surface area contributed by atoms with Gasteiger partial charge in [-0.3, -0.25) is 0 Å². The van der Waals surface area contributed by atoms with Gasteiger partial charge in [-0.25, -0.2) is 0 Å². The van der Waals surface area contributed by atoms with Crippen molar-refractivity contribution in [2.45, 2.75) is 33.4 Å². The van der Waals surface area contributed by atoms with Crippen LogP contribution in [0.1, 0.15) is 33.4 Å². The van der Waals surface area contributed by atoms with E-state index < -0.39 is 5.66 Å². The summed E-state index contributed by atoms with van der Waals surface area (Å²) in [6.07, 6.45) is 0. The molecule has 10 rings (SSSR count). The van der Waals surface area contributed by atoms with E-state index in [1.807, 2.05) is 24.3 Å². The maximum Gasteiger partial charge on any atom is 4.00 e. The fourth-order valence-electron chi connectivity index (χ4n) is 7.94. The molecule has 3 aliphatic heterocycles. The minimum atomic E-state index is -0.778. The maximum atomic E-state index is 6.45. The van der Waals surface area contributed by atoms with Crippen LogP contribution in [0.5, 0.6) is 11.5 Å². The second-order valence-corrected chi connectivity index (χ2v) is 13.2. The van der Waals surface area contributed by atoms with Gasteiger partial charge in [0.25, 0.3) is 0 Å². The Hall–Kier alpha value is -4.99. The number of hydrogen-bond donors (Lipinski definition) is 0. The molecular weight excluding hydrogens is 784 g/mol. The summed E-state index contributed by atoms with van der Waals surface area (Å²) in [7, 11) is 0. The summed E-state index contributed by atoms with van der Waals surface area (Å²) in [6, 6.07) is 46.5. The van der Waals surface area contributed by atoms with Crippen LogP contribution in [0.4, 0.5) is 34.1 Å². The number of benzene rings is 6. The molecular formula is C43H32N4OPt. The Morgan fingerprint density at radius 2 is 0.918 bits per heavy atom. The number of fused-ring (bicyclic) bond motifs is 23. The second kappa shape index (κ2) is 10.8. The zero-order valence-corrected chi connectivity index (χ0v) is 29.8. The average Bonchev–Trinajstić information content (AvgIpc) is 3.74. The van der Waals surface area contributed by atoms with Crippen molar-refractivity contribution >= 4 is 34.1 Å². The van der Waals surface area contributed by atoms with Crippen LogP contribution in [0.2, 0.25) is 0 Å². The largest absolute Gasteiger partial charge is 4.00 e. The second-order valence-electron chi connectivity index (χ2n) is 13.2. The first-order valence-electron chi connectivity index (χ1n) is 16.4. The van der Waals surface area contributed by atoms with Crippen LogP contribution < -0.4 is 24.3 Å². The van der Waals surface area contributed by atoms with Crippen LogP contribution in [0.3, 0.4) is 0 Å². The molecule has 0 amide bonds. The third-order valence-electron chi connectivity index (χ3n) is 10.5. The molecule has 49 heavy (non-hydrogen) atoms. The van der Waals surface area contributed by atoms with Crippen molar-refractivity contribution in [2.75, 3.05) is 19.6 Å². The van der Waals surface area contributed by atoms with E-state index in [2.05, 4.69) is 158 Å². The van der Waals surface area contributed by atoms with Crippen LogP contribution in [0, 0.1) is 53.2 Å². The van der Waals surface area contributed by atoms with Crippen LogP contribution in [0.25, 0.3) is 11.1 Å². The van der Waals surface area contributed by atoms with Crippen molar-refractivity contribution in [3.05, 3.63) is 168 Å². The molecule has 0 fully saturated rings. The zero-order valence-electron chi connectivity index (χ0n) is 27.6. The third-order valence-corrected chi connectivity index (χ3v) is 10.5. The maximum absolute atomic E-state index is 6.45. The number of aryl methyl sites for hydroxylation is 4.